The lowest BCUT2D eigenvalue weighted by molar-refractivity contribution is -0.0556. The highest BCUT2D eigenvalue weighted by atomic mass is 16.4. The molecule has 0 fully saturated rings. The normalized spacial score (nSPS) is 25.1. The van der Waals surface area contributed by atoms with E-state index in [4.69, 9.17) is 5.11 Å². The van der Waals surface area contributed by atoms with Crippen molar-refractivity contribution >= 4 is 5.97 Å². The Bertz CT molecular complexity index is 466. The van der Waals surface area contributed by atoms with Crippen molar-refractivity contribution < 1.29 is 20.1 Å². The maximum absolute atomic E-state index is 10.9. The van der Waals surface area contributed by atoms with Crippen LogP contribution in [0.4, 0.5) is 0 Å². The quantitative estimate of drug-likeness (QED) is 0.506. The van der Waals surface area contributed by atoms with Crippen LogP contribution in [-0.4, -0.2) is 50.8 Å². The Balaban J connectivity index is 2.37. The number of carbonyl (C=O) groups is 1. The van der Waals surface area contributed by atoms with Crippen molar-refractivity contribution in [3.63, 3.8) is 0 Å². The Morgan fingerprint density at radius 3 is 2.94 bits per heavy atom. The van der Waals surface area contributed by atoms with Gasteiger partial charge in [0.05, 0.1) is 11.3 Å². The van der Waals surface area contributed by atoms with Gasteiger partial charge in [0.25, 0.3) is 0 Å². The molecule has 7 heteroatoms. The largest absolute Gasteiger partial charge is 0.478 e. The molecule has 2 unspecified atom stereocenters. The SMILES string of the molecule is CN1Cc2ncc(C(=O)O)cc2CC(O)NC1O. The standard InChI is InChI=1S/C11H15N3O4/c1-14-5-8-6(3-9(15)13-11(14)18)2-7(4-12-8)10(16)17/h2,4,9,11,13,15,18H,3,5H2,1H3,(H,16,17). The second-order valence-corrected chi connectivity index (χ2v) is 4.31. The van der Waals surface area contributed by atoms with Gasteiger partial charge in [-0.25, -0.2) is 4.79 Å². The van der Waals surface area contributed by atoms with E-state index >= 15 is 0 Å². The molecule has 1 aromatic heterocycles. The third-order valence-corrected chi connectivity index (χ3v) is 2.88. The lowest BCUT2D eigenvalue weighted by Gasteiger charge is -2.30. The number of carboxylic acids is 1. The van der Waals surface area contributed by atoms with Crippen molar-refractivity contribution in [2.75, 3.05) is 7.05 Å². The lowest BCUT2D eigenvalue weighted by Crippen LogP contribution is -2.50. The predicted molar refractivity (Wildman–Crippen MR) is 61.5 cm³/mol. The molecule has 0 aromatic carbocycles. The number of pyridine rings is 1. The number of hydrogen-bond acceptors (Lipinski definition) is 6. The van der Waals surface area contributed by atoms with E-state index in [0.29, 0.717) is 17.8 Å². The molecule has 4 N–H and O–H groups in total. The van der Waals surface area contributed by atoms with Crippen LogP contribution in [0.3, 0.4) is 0 Å². The average molecular weight is 253 g/mol. The van der Waals surface area contributed by atoms with Gasteiger partial charge in [0, 0.05) is 19.2 Å². The third kappa shape index (κ3) is 2.65. The number of aromatic carboxylic acids is 1. The molecule has 0 amide bonds. The van der Waals surface area contributed by atoms with E-state index in [-0.39, 0.29) is 12.0 Å². The van der Waals surface area contributed by atoms with Crippen LogP contribution in [0.25, 0.3) is 0 Å². The molecule has 1 aliphatic rings. The summed E-state index contributed by atoms with van der Waals surface area (Å²) in [6, 6.07) is 1.50. The summed E-state index contributed by atoms with van der Waals surface area (Å²) in [5.74, 6) is -1.05. The first-order valence-electron chi connectivity index (χ1n) is 5.51. The van der Waals surface area contributed by atoms with Gasteiger partial charge in [0.15, 0.2) is 6.35 Å². The van der Waals surface area contributed by atoms with Gasteiger partial charge in [-0.1, -0.05) is 0 Å². The van der Waals surface area contributed by atoms with Crippen molar-refractivity contribution in [3.05, 3.63) is 29.1 Å². The summed E-state index contributed by atoms with van der Waals surface area (Å²) in [4.78, 5) is 16.5. The maximum atomic E-state index is 10.9. The van der Waals surface area contributed by atoms with Gasteiger partial charge >= 0.3 is 5.97 Å². The molecule has 0 saturated heterocycles. The molecule has 0 bridgehead atoms. The van der Waals surface area contributed by atoms with Crippen molar-refractivity contribution in [2.45, 2.75) is 25.5 Å². The fourth-order valence-electron chi connectivity index (χ4n) is 1.86. The van der Waals surface area contributed by atoms with E-state index in [2.05, 4.69) is 10.3 Å². The Morgan fingerprint density at radius 2 is 2.28 bits per heavy atom. The van der Waals surface area contributed by atoms with E-state index in [1.807, 2.05) is 0 Å². The molecule has 0 aliphatic carbocycles. The molecular formula is C11H15N3O4. The number of fused-ring (bicyclic) bond motifs is 1. The van der Waals surface area contributed by atoms with Crippen LogP contribution in [0.2, 0.25) is 0 Å². The minimum absolute atomic E-state index is 0.0877. The van der Waals surface area contributed by atoms with Gasteiger partial charge in [-0.2, -0.15) is 0 Å². The maximum Gasteiger partial charge on any atom is 0.337 e. The molecule has 0 spiro atoms. The average Bonchev–Trinajstić information content (AvgIpc) is 2.29. The summed E-state index contributed by atoms with van der Waals surface area (Å²) in [5, 5.41) is 30.8. The Morgan fingerprint density at radius 1 is 1.56 bits per heavy atom. The molecule has 18 heavy (non-hydrogen) atoms. The van der Waals surface area contributed by atoms with Gasteiger partial charge in [0.2, 0.25) is 0 Å². The second kappa shape index (κ2) is 4.99. The summed E-state index contributed by atoms with van der Waals surface area (Å²) in [6.45, 7) is 0.371. The van der Waals surface area contributed by atoms with Crippen molar-refractivity contribution in [3.8, 4) is 0 Å². The molecule has 0 radical (unpaired) electrons. The first-order valence-corrected chi connectivity index (χ1v) is 5.51. The zero-order valence-electron chi connectivity index (χ0n) is 9.87. The topological polar surface area (TPSA) is 106 Å². The van der Waals surface area contributed by atoms with Crippen molar-refractivity contribution in [2.24, 2.45) is 0 Å². The minimum atomic E-state index is -1.05. The van der Waals surface area contributed by atoms with Crippen molar-refractivity contribution in [1.82, 2.24) is 15.2 Å². The molecule has 2 atom stereocenters. The molecule has 1 aliphatic heterocycles. The predicted octanol–water partition coefficient (Wildman–Crippen LogP) is -1.05. The fourth-order valence-corrected chi connectivity index (χ4v) is 1.86. The molecule has 1 aromatic rings. The Kier molecular flexibility index (Phi) is 3.58. The van der Waals surface area contributed by atoms with Crippen LogP contribution >= 0.6 is 0 Å². The third-order valence-electron chi connectivity index (χ3n) is 2.88. The number of nitrogens with zero attached hydrogens (tertiary/aromatic N) is 2. The number of nitrogens with one attached hydrogen (secondary N) is 1. The fraction of sp³-hybridized carbons (Fsp3) is 0.455. The van der Waals surface area contributed by atoms with Gasteiger partial charge in [-0.3, -0.25) is 15.2 Å². The van der Waals surface area contributed by atoms with Crippen LogP contribution in [0.5, 0.6) is 0 Å². The molecule has 2 heterocycles. The van der Waals surface area contributed by atoms with E-state index in [9.17, 15) is 15.0 Å². The van der Waals surface area contributed by atoms with Gasteiger partial charge in [0.1, 0.15) is 6.23 Å². The number of hydrogen-bond donors (Lipinski definition) is 4. The van der Waals surface area contributed by atoms with Gasteiger partial charge in [-0.15, -0.1) is 0 Å². The molecule has 7 nitrogen and oxygen atoms in total. The van der Waals surface area contributed by atoms with E-state index in [0.717, 1.165) is 0 Å². The highest BCUT2D eigenvalue weighted by Crippen LogP contribution is 2.16. The summed E-state index contributed by atoms with van der Waals surface area (Å²) < 4.78 is 0. The number of carboxylic acid groups (broad SMARTS) is 1. The molecule has 98 valence electrons. The van der Waals surface area contributed by atoms with Gasteiger partial charge < -0.3 is 15.3 Å². The monoisotopic (exact) mass is 253 g/mol. The van der Waals surface area contributed by atoms with E-state index in [1.54, 1.807) is 11.9 Å². The van der Waals surface area contributed by atoms with E-state index < -0.39 is 18.5 Å². The number of aliphatic hydroxyl groups excluding tert-OH is 2. The highest BCUT2D eigenvalue weighted by molar-refractivity contribution is 5.87. The number of aliphatic hydroxyl groups is 2. The van der Waals surface area contributed by atoms with Crippen LogP contribution in [0.15, 0.2) is 12.3 Å². The van der Waals surface area contributed by atoms with Gasteiger partial charge in [-0.05, 0) is 18.7 Å². The summed E-state index contributed by atoms with van der Waals surface area (Å²) in [6.07, 6.45) is -0.432. The van der Waals surface area contributed by atoms with Crippen LogP contribution in [-0.2, 0) is 13.0 Å². The van der Waals surface area contributed by atoms with E-state index in [1.165, 1.54) is 12.3 Å². The van der Waals surface area contributed by atoms with Crippen LogP contribution < -0.4 is 5.32 Å². The first-order chi connectivity index (χ1) is 8.47. The molecule has 0 saturated carbocycles. The molecule has 2 rings (SSSR count). The number of aromatic nitrogens is 1. The smallest absolute Gasteiger partial charge is 0.337 e. The molecular weight excluding hydrogens is 238 g/mol. The first kappa shape index (κ1) is 12.9. The second-order valence-electron chi connectivity index (χ2n) is 4.31. The van der Waals surface area contributed by atoms with Crippen LogP contribution in [0, 0.1) is 0 Å². The lowest BCUT2D eigenvalue weighted by atomic mass is 10.1. The summed E-state index contributed by atoms with van der Waals surface area (Å²) in [7, 11) is 1.67. The summed E-state index contributed by atoms with van der Waals surface area (Å²) >= 11 is 0. The number of rotatable bonds is 1. The Hall–Kier alpha value is -1.54. The highest BCUT2D eigenvalue weighted by Gasteiger charge is 2.22. The zero-order chi connectivity index (χ0) is 13.3. The van der Waals surface area contributed by atoms with Crippen molar-refractivity contribution in [1.29, 1.82) is 0 Å². The van der Waals surface area contributed by atoms with Crippen LogP contribution in [0.1, 0.15) is 21.6 Å². The zero-order valence-corrected chi connectivity index (χ0v) is 9.87. The Labute approximate surface area is 104 Å². The summed E-state index contributed by atoms with van der Waals surface area (Å²) in [5.41, 5.74) is 1.40. The minimum Gasteiger partial charge on any atom is -0.478 e.